The molecular formula is C14F26. The third-order valence-corrected chi connectivity index (χ3v) is 4.24. The molecule has 0 aliphatic rings. The monoisotopic (exact) mass is 662 g/mol. The van der Waals surface area contributed by atoms with E-state index in [1.807, 2.05) is 0 Å². The molecule has 0 unspecified atom stereocenters. The van der Waals surface area contributed by atoms with Crippen LogP contribution in [-0.4, -0.2) is 71.6 Å². The molecule has 0 fully saturated rings. The zero-order valence-electron chi connectivity index (χ0n) is 16.8. The van der Waals surface area contributed by atoms with Gasteiger partial charge < -0.3 is 0 Å². The highest BCUT2D eigenvalue weighted by Gasteiger charge is 2.95. The van der Waals surface area contributed by atoms with Crippen molar-refractivity contribution >= 4 is 0 Å². The topological polar surface area (TPSA) is 0 Å². The van der Waals surface area contributed by atoms with E-state index in [0.29, 0.717) is 0 Å². The van der Waals surface area contributed by atoms with E-state index < -0.39 is 83.4 Å². The highest BCUT2D eigenvalue weighted by molar-refractivity contribution is 5.27. The van der Waals surface area contributed by atoms with Crippen molar-refractivity contribution < 1.29 is 114 Å². The molecular weight excluding hydrogens is 662 g/mol. The average Bonchev–Trinajstić information content (AvgIpc) is 2.69. The van der Waals surface area contributed by atoms with Gasteiger partial charge in [-0.25, -0.2) is 0 Å². The van der Waals surface area contributed by atoms with E-state index in [2.05, 4.69) is 0 Å². The van der Waals surface area contributed by atoms with E-state index in [-0.39, 0.29) is 0 Å². The van der Waals surface area contributed by atoms with Gasteiger partial charge in [0.25, 0.3) is 0 Å². The third kappa shape index (κ3) is 4.81. The van der Waals surface area contributed by atoms with Crippen molar-refractivity contribution in [1.82, 2.24) is 0 Å². The van der Waals surface area contributed by atoms with Gasteiger partial charge in [-0.2, -0.15) is 114 Å². The molecule has 238 valence electrons. The minimum absolute atomic E-state index is 1.57. The molecule has 0 aromatic heterocycles. The zero-order chi connectivity index (χ0) is 33.4. The Kier molecular flexibility index (Phi) is 8.60. The minimum atomic E-state index is -9.22. The molecule has 0 radical (unpaired) electrons. The van der Waals surface area contributed by atoms with Crippen LogP contribution >= 0.6 is 0 Å². The predicted molar refractivity (Wildman–Crippen MR) is 69.4 cm³/mol. The Labute approximate surface area is 199 Å². The van der Waals surface area contributed by atoms with Crippen molar-refractivity contribution in [2.24, 2.45) is 0 Å². The molecule has 0 bridgehead atoms. The molecule has 0 aliphatic heterocycles. The highest BCUT2D eigenvalue weighted by atomic mass is 19.4. The van der Waals surface area contributed by atoms with Crippen LogP contribution in [0, 0.1) is 11.8 Å². The van der Waals surface area contributed by atoms with Crippen LogP contribution in [0.4, 0.5) is 114 Å². The molecule has 26 heteroatoms. The Morgan fingerprint density at radius 2 is 0.350 bits per heavy atom. The fourth-order valence-electron chi connectivity index (χ4n) is 1.85. The van der Waals surface area contributed by atoms with Gasteiger partial charge in [0.15, 0.2) is 0 Å². The first-order valence-electron chi connectivity index (χ1n) is 8.16. The second kappa shape index (κ2) is 9.12. The number of rotatable bonds is 8. The summed E-state index contributed by atoms with van der Waals surface area (Å²) in [4.78, 5) is 0. The van der Waals surface area contributed by atoms with Crippen LogP contribution in [0.15, 0.2) is 0 Å². The van der Waals surface area contributed by atoms with Gasteiger partial charge in [-0.05, 0) is 11.8 Å². The van der Waals surface area contributed by atoms with E-state index in [9.17, 15) is 114 Å². The van der Waals surface area contributed by atoms with Gasteiger partial charge >= 0.3 is 71.6 Å². The van der Waals surface area contributed by atoms with Crippen molar-refractivity contribution in [3.05, 3.63) is 0 Å². The molecule has 0 nitrogen and oxygen atoms in total. The first kappa shape index (κ1) is 37.7. The Balaban J connectivity index is 7.03. The predicted octanol–water partition coefficient (Wildman–Crippen LogP) is 8.47. The average molecular weight is 662 g/mol. The lowest BCUT2D eigenvalue weighted by atomic mass is 9.89. The summed E-state index contributed by atoms with van der Waals surface area (Å²) in [6, 6.07) is 0. The summed E-state index contributed by atoms with van der Waals surface area (Å²) in [6.07, 6.45) is -15.8. The molecule has 0 heterocycles. The zero-order valence-corrected chi connectivity index (χ0v) is 16.8. The maximum Gasteiger partial charge on any atom is 0.460 e. The summed E-state index contributed by atoms with van der Waals surface area (Å²) < 4.78 is 333. The quantitative estimate of drug-likeness (QED) is 0.181. The Bertz CT molecular complexity index is 991. The maximum absolute atomic E-state index is 13.4. The van der Waals surface area contributed by atoms with Gasteiger partial charge in [0.2, 0.25) is 0 Å². The molecule has 0 atom stereocenters. The fourth-order valence-corrected chi connectivity index (χ4v) is 1.85. The van der Waals surface area contributed by atoms with Crippen molar-refractivity contribution in [3.8, 4) is 11.8 Å². The molecule has 0 rings (SSSR count). The minimum Gasteiger partial charge on any atom is -0.192 e. The van der Waals surface area contributed by atoms with Crippen LogP contribution in [0.5, 0.6) is 0 Å². The van der Waals surface area contributed by atoms with E-state index >= 15 is 0 Å². The summed E-state index contributed by atoms with van der Waals surface area (Å²) in [5.74, 6) is -88.9. The lowest BCUT2D eigenvalue weighted by molar-refractivity contribution is -0.459. The largest absolute Gasteiger partial charge is 0.460 e. The van der Waals surface area contributed by atoms with Crippen molar-refractivity contribution in [2.45, 2.75) is 71.6 Å². The van der Waals surface area contributed by atoms with Crippen molar-refractivity contribution in [1.29, 1.82) is 0 Å². The Morgan fingerprint density at radius 3 is 0.575 bits per heavy atom. The van der Waals surface area contributed by atoms with Gasteiger partial charge in [0.05, 0.1) is 0 Å². The molecule has 0 saturated carbocycles. The molecule has 0 spiro atoms. The summed E-state index contributed by atoms with van der Waals surface area (Å²) >= 11 is 0. The van der Waals surface area contributed by atoms with Gasteiger partial charge in [-0.15, -0.1) is 0 Å². The fraction of sp³-hybridized carbons (Fsp3) is 0.857. The van der Waals surface area contributed by atoms with Crippen LogP contribution in [0.3, 0.4) is 0 Å². The van der Waals surface area contributed by atoms with Crippen LogP contribution in [0.25, 0.3) is 0 Å². The summed E-state index contributed by atoms with van der Waals surface area (Å²) in [6.45, 7) is 0. The number of halogens is 26. The molecule has 0 amide bonds. The normalized spacial score (nSPS) is 16.6. The highest BCUT2D eigenvalue weighted by Crippen LogP contribution is 2.64. The maximum atomic E-state index is 13.4. The summed E-state index contributed by atoms with van der Waals surface area (Å²) in [7, 11) is 0. The summed E-state index contributed by atoms with van der Waals surface area (Å²) in [5.41, 5.74) is 0. The Morgan fingerprint density at radius 1 is 0.200 bits per heavy atom. The first-order valence-corrected chi connectivity index (χ1v) is 8.16. The van der Waals surface area contributed by atoms with Gasteiger partial charge in [-0.1, -0.05) is 0 Å². The summed E-state index contributed by atoms with van der Waals surface area (Å²) in [5, 5.41) is 0. The van der Waals surface area contributed by atoms with Crippen molar-refractivity contribution in [3.63, 3.8) is 0 Å². The van der Waals surface area contributed by atoms with E-state index in [1.165, 1.54) is 0 Å². The standard InChI is InChI=1S/C14F26/c15-3(16,1-2-4(17,18)6(21,22)11(31,32)13(35,36)37)5(19,20)7(23,24)8(25,26)9(27,28)10(29,30)12(33,34)14(38,39)40. The second-order valence-electron chi connectivity index (χ2n) is 6.99. The molecule has 0 aliphatic carbocycles. The molecule has 40 heavy (non-hydrogen) atoms. The Hall–Kier alpha value is -2.26. The number of hydrogen-bond acceptors (Lipinski definition) is 0. The van der Waals surface area contributed by atoms with E-state index in [4.69, 9.17) is 0 Å². The SMILES string of the molecule is FC(F)(F)C(F)(F)C(F)(F)C(F)(F)C#CC(F)(F)C(F)(F)C(F)(F)C(F)(F)C(F)(F)C(F)(F)C(F)(F)C(F)(F)F. The first-order chi connectivity index (χ1) is 16.7. The second-order valence-corrected chi connectivity index (χ2v) is 6.99. The lowest BCUT2D eigenvalue weighted by Crippen LogP contribution is -2.74. The van der Waals surface area contributed by atoms with Crippen LogP contribution in [0.1, 0.15) is 0 Å². The van der Waals surface area contributed by atoms with Crippen LogP contribution in [-0.2, 0) is 0 Å². The van der Waals surface area contributed by atoms with E-state index in [1.54, 1.807) is 0 Å². The molecule has 0 saturated heterocycles. The van der Waals surface area contributed by atoms with Crippen LogP contribution in [0.2, 0.25) is 0 Å². The van der Waals surface area contributed by atoms with Gasteiger partial charge in [0, 0.05) is 0 Å². The van der Waals surface area contributed by atoms with Crippen LogP contribution < -0.4 is 0 Å². The van der Waals surface area contributed by atoms with Gasteiger partial charge in [0.1, 0.15) is 0 Å². The number of hydrogen-bond donors (Lipinski definition) is 0. The van der Waals surface area contributed by atoms with Crippen molar-refractivity contribution in [2.75, 3.05) is 0 Å². The van der Waals surface area contributed by atoms with Gasteiger partial charge in [-0.3, -0.25) is 0 Å². The molecule has 0 aromatic carbocycles. The lowest BCUT2D eigenvalue weighted by Gasteiger charge is -2.42. The van der Waals surface area contributed by atoms with E-state index in [0.717, 1.165) is 0 Å². The third-order valence-electron chi connectivity index (χ3n) is 4.24. The smallest absolute Gasteiger partial charge is 0.192 e. The molecule has 0 aromatic rings. The molecule has 0 N–H and O–H groups in total. The number of alkyl halides is 26.